The molecule has 1 aromatic carbocycles. The van der Waals surface area contributed by atoms with Crippen molar-refractivity contribution in [2.45, 2.75) is 0 Å². The van der Waals surface area contributed by atoms with Crippen LogP contribution in [0.1, 0.15) is 0 Å². The quantitative estimate of drug-likeness (QED) is 0.682. The average molecular weight is 448 g/mol. The van der Waals surface area contributed by atoms with Crippen LogP contribution in [0.5, 0.6) is 0 Å². The van der Waals surface area contributed by atoms with Crippen LogP contribution < -0.4 is 5.32 Å². The second-order valence-corrected chi connectivity index (χ2v) is 8.03. The summed E-state index contributed by atoms with van der Waals surface area (Å²) in [6.07, 6.45) is 3.00. The van der Waals surface area contributed by atoms with Gasteiger partial charge < -0.3 is 15.0 Å². The Morgan fingerprint density at radius 1 is 1.03 bits per heavy atom. The summed E-state index contributed by atoms with van der Waals surface area (Å²) in [5.41, 5.74) is 1.28. The summed E-state index contributed by atoms with van der Waals surface area (Å²) in [6, 6.07) is 5.23. The number of ether oxygens (including phenoxy) is 1. The van der Waals surface area contributed by atoms with Crippen molar-refractivity contribution < 1.29 is 14.3 Å². The Hall–Kier alpha value is -2.53. The van der Waals surface area contributed by atoms with Crippen molar-refractivity contribution in [3.05, 3.63) is 35.9 Å². The molecule has 3 heterocycles. The number of piperazine rings is 1. The highest BCUT2D eigenvalue weighted by Gasteiger charge is 2.24. The Labute approximate surface area is 185 Å². The minimum atomic E-state index is -0.124. The van der Waals surface area contributed by atoms with Gasteiger partial charge in [-0.1, -0.05) is 11.6 Å². The number of nitrogens with zero attached hydrogens (tertiary/aromatic N) is 6. The Bertz CT molecular complexity index is 894. The van der Waals surface area contributed by atoms with E-state index in [4.69, 9.17) is 16.3 Å². The lowest BCUT2D eigenvalue weighted by atomic mass is 10.2. The summed E-state index contributed by atoms with van der Waals surface area (Å²) in [4.78, 5) is 35.1. The zero-order valence-electron chi connectivity index (χ0n) is 17.2. The summed E-state index contributed by atoms with van der Waals surface area (Å²) in [6.45, 7) is 6.22. The number of hydrogen-bond acceptors (Lipinski definition) is 7. The molecule has 2 aromatic rings. The molecule has 0 saturated carbocycles. The molecule has 11 heteroatoms. The fourth-order valence-corrected chi connectivity index (χ4v) is 3.92. The molecule has 0 unspecified atom stereocenters. The second-order valence-electron chi connectivity index (χ2n) is 7.60. The molecule has 0 bridgehead atoms. The van der Waals surface area contributed by atoms with Crippen LogP contribution in [0.3, 0.4) is 0 Å². The van der Waals surface area contributed by atoms with Gasteiger partial charge in [0.15, 0.2) is 0 Å². The van der Waals surface area contributed by atoms with Gasteiger partial charge in [0, 0.05) is 44.3 Å². The lowest BCUT2D eigenvalue weighted by Gasteiger charge is -2.35. The first-order valence-electron chi connectivity index (χ1n) is 10.3. The monoisotopic (exact) mass is 447 g/mol. The molecule has 0 aliphatic carbocycles. The fourth-order valence-electron chi connectivity index (χ4n) is 3.74. The molecular weight excluding hydrogens is 422 g/mol. The first kappa shape index (κ1) is 21.7. The van der Waals surface area contributed by atoms with E-state index >= 15 is 0 Å². The van der Waals surface area contributed by atoms with Crippen LogP contribution in [0.4, 0.5) is 5.69 Å². The molecule has 4 rings (SSSR count). The van der Waals surface area contributed by atoms with Gasteiger partial charge in [0.25, 0.3) is 0 Å². The lowest BCUT2D eigenvalue weighted by molar-refractivity contribution is -0.137. The van der Waals surface area contributed by atoms with Crippen LogP contribution in [0.2, 0.25) is 5.02 Å². The second kappa shape index (κ2) is 10.2. The number of rotatable bonds is 6. The normalized spacial score (nSPS) is 18.2. The van der Waals surface area contributed by atoms with E-state index in [2.05, 4.69) is 25.2 Å². The SMILES string of the molecule is O=C(CN1CCN(CC(=O)N2CCOCC2)CC1)Nc1cc(Cl)ccc1-n1cncn1. The molecule has 10 nitrogen and oxygen atoms in total. The van der Waals surface area contributed by atoms with Crippen molar-refractivity contribution in [3.63, 3.8) is 0 Å². The summed E-state index contributed by atoms with van der Waals surface area (Å²) < 4.78 is 6.88. The van der Waals surface area contributed by atoms with E-state index in [1.54, 1.807) is 29.2 Å². The first-order valence-corrected chi connectivity index (χ1v) is 10.7. The molecule has 0 spiro atoms. The maximum atomic E-state index is 12.7. The van der Waals surface area contributed by atoms with Gasteiger partial charge in [-0.15, -0.1) is 0 Å². The number of morpholine rings is 1. The molecule has 2 amide bonds. The zero-order valence-corrected chi connectivity index (χ0v) is 18.0. The molecule has 1 N–H and O–H groups in total. The summed E-state index contributed by atoms with van der Waals surface area (Å²) >= 11 is 6.12. The van der Waals surface area contributed by atoms with Crippen molar-refractivity contribution in [2.24, 2.45) is 0 Å². The molecule has 0 atom stereocenters. The van der Waals surface area contributed by atoms with Gasteiger partial charge in [-0.2, -0.15) is 5.10 Å². The molecule has 166 valence electrons. The third kappa shape index (κ3) is 5.79. The number of benzene rings is 1. The van der Waals surface area contributed by atoms with E-state index in [1.165, 1.54) is 6.33 Å². The van der Waals surface area contributed by atoms with Gasteiger partial charge in [-0.3, -0.25) is 19.4 Å². The number of hydrogen-bond donors (Lipinski definition) is 1. The predicted molar refractivity (Wildman–Crippen MR) is 115 cm³/mol. The standard InChI is InChI=1S/C20H26ClN7O3/c21-16-1-2-18(28-15-22-14-23-28)17(11-16)24-19(29)12-25-3-5-26(6-4-25)13-20(30)27-7-9-31-10-8-27/h1-2,11,14-15H,3-10,12-13H2,(H,24,29). The fraction of sp³-hybridized carbons (Fsp3) is 0.500. The molecule has 0 radical (unpaired) electrons. The maximum Gasteiger partial charge on any atom is 0.238 e. The molecule has 2 aliphatic rings. The molecule has 2 saturated heterocycles. The Balaban J connectivity index is 1.26. The Kier molecular flexibility index (Phi) is 7.13. The van der Waals surface area contributed by atoms with E-state index in [0.717, 1.165) is 26.2 Å². The Morgan fingerprint density at radius 3 is 2.42 bits per heavy atom. The van der Waals surface area contributed by atoms with E-state index in [9.17, 15) is 9.59 Å². The van der Waals surface area contributed by atoms with E-state index in [-0.39, 0.29) is 18.4 Å². The van der Waals surface area contributed by atoms with Crippen molar-refractivity contribution in [1.29, 1.82) is 0 Å². The highest BCUT2D eigenvalue weighted by molar-refractivity contribution is 6.31. The topological polar surface area (TPSA) is 95.8 Å². The Morgan fingerprint density at radius 2 is 1.74 bits per heavy atom. The van der Waals surface area contributed by atoms with E-state index in [1.807, 2.05) is 4.90 Å². The molecule has 1 aromatic heterocycles. The average Bonchev–Trinajstić information content (AvgIpc) is 3.30. The third-order valence-corrected chi connectivity index (χ3v) is 5.69. The van der Waals surface area contributed by atoms with Gasteiger partial charge in [0.05, 0.1) is 37.7 Å². The number of carbonyl (C=O) groups excluding carboxylic acids is 2. The van der Waals surface area contributed by atoms with Gasteiger partial charge in [0.1, 0.15) is 12.7 Å². The van der Waals surface area contributed by atoms with Gasteiger partial charge in [0.2, 0.25) is 11.8 Å². The van der Waals surface area contributed by atoms with Crippen molar-refractivity contribution in [3.8, 4) is 5.69 Å². The number of carbonyl (C=O) groups is 2. The number of amides is 2. The van der Waals surface area contributed by atoms with Crippen molar-refractivity contribution in [1.82, 2.24) is 29.5 Å². The van der Waals surface area contributed by atoms with Crippen LogP contribution in [-0.2, 0) is 14.3 Å². The maximum absolute atomic E-state index is 12.7. The van der Waals surface area contributed by atoms with Crippen LogP contribution in [-0.4, -0.2) is 107 Å². The highest BCUT2D eigenvalue weighted by Crippen LogP contribution is 2.24. The number of anilines is 1. The van der Waals surface area contributed by atoms with Crippen LogP contribution in [0, 0.1) is 0 Å². The van der Waals surface area contributed by atoms with Crippen LogP contribution >= 0.6 is 11.6 Å². The third-order valence-electron chi connectivity index (χ3n) is 5.45. The van der Waals surface area contributed by atoms with E-state index < -0.39 is 0 Å². The number of halogens is 1. The van der Waals surface area contributed by atoms with Gasteiger partial charge >= 0.3 is 0 Å². The van der Waals surface area contributed by atoms with Gasteiger partial charge in [-0.05, 0) is 18.2 Å². The summed E-state index contributed by atoms with van der Waals surface area (Å²) in [5, 5.41) is 7.58. The summed E-state index contributed by atoms with van der Waals surface area (Å²) in [7, 11) is 0. The molecule has 2 aliphatic heterocycles. The minimum absolute atomic E-state index is 0.124. The van der Waals surface area contributed by atoms with Crippen LogP contribution in [0.25, 0.3) is 5.69 Å². The summed E-state index contributed by atoms with van der Waals surface area (Å²) in [5.74, 6) is 0.0255. The van der Waals surface area contributed by atoms with E-state index in [0.29, 0.717) is 49.2 Å². The highest BCUT2D eigenvalue weighted by atomic mass is 35.5. The molecule has 2 fully saturated rings. The number of nitrogens with one attached hydrogen (secondary N) is 1. The van der Waals surface area contributed by atoms with Crippen molar-refractivity contribution in [2.75, 3.05) is 70.9 Å². The smallest absolute Gasteiger partial charge is 0.238 e. The zero-order chi connectivity index (χ0) is 21.6. The minimum Gasteiger partial charge on any atom is -0.378 e. The number of aromatic nitrogens is 3. The molecule has 31 heavy (non-hydrogen) atoms. The first-order chi connectivity index (χ1) is 15.1. The molecular formula is C20H26ClN7O3. The largest absolute Gasteiger partial charge is 0.378 e. The predicted octanol–water partition coefficient (Wildman–Crippen LogP) is 0.336. The van der Waals surface area contributed by atoms with Crippen LogP contribution in [0.15, 0.2) is 30.9 Å². The lowest BCUT2D eigenvalue weighted by Crippen LogP contribution is -2.52. The van der Waals surface area contributed by atoms with Crippen molar-refractivity contribution >= 4 is 29.1 Å². The van der Waals surface area contributed by atoms with Gasteiger partial charge in [-0.25, -0.2) is 9.67 Å².